The molecule has 2 aromatic rings. The lowest BCUT2D eigenvalue weighted by molar-refractivity contribution is 0.0697. The Morgan fingerprint density at radius 3 is 2.82 bits per heavy atom. The van der Waals surface area contributed by atoms with Crippen molar-refractivity contribution in [2.75, 3.05) is 5.32 Å². The van der Waals surface area contributed by atoms with Gasteiger partial charge in [-0.3, -0.25) is 0 Å². The van der Waals surface area contributed by atoms with Gasteiger partial charge in [0.25, 0.3) is 0 Å². The van der Waals surface area contributed by atoms with Gasteiger partial charge >= 0.3 is 5.97 Å². The summed E-state index contributed by atoms with van der Waals surface area (Å²) in [4.78, 5) is 10.8. The number of furan rings is 1. The maximum absolute atomic E-state index is 10.8. The topological polar surface area (TPSA) is 62.5 Å². The molecular formula is C12H10INO3. The highest BCUT2D eigenvalue weighted by Crippen LogP contribution is 2.14. The number of anilines is 1. The van der Waals surface area contributed by atoms with Gasteiger partial charge in [0.1, 0.15) is 5.76 Å². The van der Waals surface area contributed by atoms with E-state index in [2.05, 4.69) is 27.9 Å². The minimum Gasteiger partial charge on any atom is -0.478 e. The Kier molecular flexibility index (Phi) is 3.68. The van der Waals surface area contributed by atoms with Crippen LogP contribution in [0.1, 0.15) is 16.1 Å². The quantitative estimate of drug-likeness (QED) is 0.837. The fourth-order valence-electron chi connectivity index (χ4n) is 1.40. The minimum atomic E-state index is -0.929. The zero-order valence-corrected chi connectivity index (χ0v) is 11.0. The number of carboxylic acids is 1. The lowest BCUT2D eigenvalue weighted by Crippen LogP contribution is -2.01. The van der Waals surface area contributed by atoms with Crippen LogP contribution in [0.3, 0.4) is 0 Å². The number of rotatable bonds is 4. The van der Waals surface area contributed by atoms with Gasteiger partial charge < -0.3 is 14.8 Å². The molecular weight excluding hydrogens is 333 g/mol. The monoisotopic (exact) mass is 343 g/mol. The number of halogens is 1. The van der Waals surface area contributed by atoms with Crippen molar-refractivity contribution in [3.63, 3.8) is 0 Å². The largest absolute Gasteiger partial charge is 0.478 e. The van der Waals surface area contributed by atoms with Crippen LogP contribution in [0.15, 0.2) is 40.8 Å². The number of aromatic carboxylic acids is 1. The van der Waals surface area contributed by atoms with Crippen LogP contribution in [-0.2, 0) is 6.54 Å². The average molecular weight is 343 g/mol. The van der Waals surface area contributed by atoms with Crippen LogP contribution in [-0.4, -0.2) is 11.1 Å². The van der Waals surface area contributed by atoms with E-state index in [1.165, 1.54) is 0 Å². The van der Waals surface area contributed by atoms with Crippen LogP contribution < -0.4 is 5.32 Å². The Morgan fingerprint density at radius 1 is 1.35 bits per heavy atom. The number of hydrogen-bond acceptors (Lipinski definition) is 3. The van der Waals surface area contributed by atoms with Crippen LogP contribution in [0.4, 0.5) is 5.69 Å². The maximum Gasteiger partial charge on any atom is 0.335 e. The first-order valence-electron chi connectivity index (χ1n) is 4.96. The second-order valence-electron chi connectivity index (χ2n) is 3.45. The molecule has 2 rings (SSSR count). The van der Waals surface area contributed by atoms with E-state index in [-0.39, 0.29) is 5.56 Å². The Labute approximate surface area is 112 Å². The molecule has 0 fully saturated rings. The van der Waals surface area contributed by atoms with Gasteiger partial charge in [-0.25, -0.2) is 4.79 Å². The fourth-order valence-corrected chi connectivity index (χ4v) is 1.86. The van der Waals surface area contributed by atoms with E-state index in [1.807, 2.05) is 18.2 Å². The molecule has 5 heteroatoms. The van der Waals surface area contributed by atoms with Crippen LogP contribution in [0.25, 0.3) is 0 Å². The minimum absolute atomic E-state index is 0.268. The van der Waals surface area contributed by atoms with Gasteiger partial charge in [-0.05, 0) is 52.9 Å². The van der Waals surface area contributed by atoms with E-state index in [9.17, 15) is 4.79 Å². The molecule has 88 valence electrons. The zero-order valence-electron chi connectivity index (χ0n) is 8.81. The van der Waals surface area contributed by atoms with Crippen LogP contribution in [0, 0.1) is 3.77 Å². The summed E-state index contributed by atoms with van der Waals surface area (Å²) in [6.45, 7) is 0.534. The highest BCUT2D eigenvalue weighted by atomic mass is 127. The fraction of sp³-hybridized carbons (Fsp3) is 0.0833. The Morgan fingerprint density at radius 2 is 2.18 bits per heavy atom. The van der Waals surface area contributed by atoms with Gasteiger partial charge in [0.15, 0.2) is 3.77 Å². The van der Waals surface area contributed by atoms with E-state index >= 15 is 0 Å². The normalized spacial score (nSPS) is 10.2. The van der Waals surface area contributed by atoms with E-state index < -0.39 is 5.97 Å². The molecule has 1 aromatic heterocycles. The molecule has 0 aliphatic carbocycles. The molecule has 0 aliphatic heterocycles. The second kappa shape index (κ2) is 5.22. The summed E-state index contributed by atoms with van der Waals surface area (Å²) >= 11 is 2.10. The van der Waals surface area contributed by atoms with E-state index in [0.29, 0.717) is 6.54 Å². The summed E-state index contributed by atoms with van der Waals surface area (Å²) in [5.41, 5.74) is 1.03. The molecule has 0 unspecified atom stereocenters. The van der Waals surface area contributed by atoms with Crippen LogP contribution in [0.5, 0.6) is 0 Å². The number of nitrogens with one attached hydrogen (secondary N) is 1. The Hall–Kier alpha value is -1.50. The van der Waals surface area contributed by atoms with Crippen molar-refractivity contribution in [2.45, 2.75) is 6.54 Å². The molecule has 0 atom stereocenters. The van der Waals surface area contributed by atoms with Gasteiger partial charge in [0, 0.05) is 5.69 Å². The summed E-state index contributed by atoms with van der Waals surface area (Å²) < 4.78 is 6.22. The van der Waals surface area contributed by atoms with Crippen LogP contribution in [0.2, 0.25) is 0 Å². The summed E-state index contributed by atoms with van der Waals surface area (Å²) in [6.07, 6.45) is 0. The van der Waals surface area contributed by atoms with Gasteiger partial charge in [0.05, 0.1) is 12.1 Å². The second-order valence-corrected chi connectivity index (χ2v) is 4.51. The molecule has 17 heavy (non-hydrogen) atoms. The van der Waals surface area contributed by atoms with Gasteiger partial charge in [0.2, 0.25) is 0 Å². The number of hydrogen-bond donors (Lipinski definition) is 2. The molecule has 0 saturated heterocycles. The first kappa shape index (κ1) is 12.0. The van der Waals surface area contributed by atoms with Crippen LogP contribution >= 0.6 is 22.6 Å². The molecule has 1 aromatic carbocycles. The smallest absolute Gasteiger partial charge is 0.335 e. The van der Waals surface area contributed by atoms with E-state index in [0.717, 1.165) is 15.2 Å². The van der Waals surface area contributed by atoms with Gasteiger partial charge in [-0.2, -0.15) is 0 Å². The maximum atomic E-state index is 10.8. The van der Waals surface area contributed by atoms with Crippen molar-refractivity contribution in [3.05, 3.63) is 51.5 Å². The average Bonchev–Trinajstić information content (AvgIpc) is 2.73. The van der Waals surface area contributed by atoms with Crippen molar-refractivity contribution in [1.82, 2.24) is 0 Å². The molecule has 0 bridgehead atoms. The standard InChI is InChI=1S/C12H10INO3/c13-11-5-4-10(17-11)7-14-9-3-1-2-8(6-9)12(15)16/h1-6,14H,7H2,(H,15,16). The molecule has 2 N–H and O–H groups in total. The molecule has 1 heterocycles. The van der Waals surface area contributed by atoms with Crippen molar-refractivity contribution in [3.8, 4) is 0 Å². The van der Waals surface area contributed by atoms with Crippen molar-refractivity contribution in [2.24, 2.45) is 0 Å². The Balaban J connectivity index is 2.04. The summed E-state index contributed by atoms with van der Waals surface area (Å²) in [7, 11) is 0. The number of carboxylic acid groups (broad SMARTS) is 1. The highest BCUT2D eigenvalue weighted by Gasteiger charge is 2.03. The number of benzene rings is 1. The third-order valence-corrected chi connectivity index (χ3v) is 2.78. The first-order chi connectivity index (χ1) is 8.15. The molecule has 0 spiro atoms. The third-order valence-electron chi connectivity index (χ3n) is 2.21. The van der Waals surface area contributed by atoms with Crippen molar-refractivity contribution < 1.29 is 14.3 Å². The van der Waals surface area contributed by atoms with Crippen molar-refractivity contribution in [1.29, 1.82) is 0 Å². The summed E-state index contributed by atoms with van der Waals surface area (Å²) in [5.74, 6) is -0.115. The Bertz CT molecular complexity index is 536. The summed E-state index contributed by atoms with van der Waals surface area (Å²) in [6, 6.07) is 10.4. The summed E-state index contributed by atoms with van der Waals surface area (Å²) in [5, 5.41) is 12.0. The highest BCUT2D eigenvalue weighted by molar-refractivity contribution is 14.1. The lowest BCUT2D eigenvalue weighted by Gasteiger charge is -2.05. The molecule has 0 amide bonds. The predicted octanol–water partition coefficient (Wildman–Crippen LogP) is 3.19. The molecule has 0 saturated carbocycles. The zero-order chi connectivity index (χ0) is 12.3. The van der Waals surface area contributed by atoms with Crippen molar-refractivity contribution >= 4 is 34.2 Å². The first-order valence-corrected chi connectivity index (χ1v) is 6.04. The molecule has 0 aliphatic rings. The van der Waals surface area contributed by atoms with Gasteiger partial charge in [-0.15, -0.1) is 0 Å². The predicted molar refractivity (Wildman–Crippen MR) is 72.2 cm³/mol. The van der Waals surface area contributed by atoms with Gasteiger partial charge in [-0.1, -0.05) is 6.07 Å². The molecule has 4 nitrogen and oxygen atoms in total. The number of carbonyl (C=O) groups is 1. The van der Waals surface area contributed by atoms with E-state index in [4.69, 9.17) is 9.52 Å². The molecule has 0 radical (unpaired) electrons. The SMILES string of the molecule is O=C(O)c1cccc(NCc2ccc(I)o2)c1. The van der Waals surface area contributed by atoms with E-state index in [1.54, 1.807) is 18.2 Å². The lowest BCUT2D eigenvalue weighted by atomic mass is 10.2. The third kappa shape index (κ3) is 3.23.